The molecule has 2 rings (SSSR count). The van der Waals surface area contributed by atoms with Crippen LogP contribution in [0, 0.1) is 10.1 Å². The quantitative estimate of drug-likeness (QED) is 0.175. The van der Waals surface area contributed by atoms with Crippen molar-refractivity contribution in [3.05, 3.63) is 61.4 Å². The Labute approximate surface area is 192 Å². The second-order valence-electron chi connectivity index (χ2n) is 7.49. The number of carbonyl (C=O) groups is 3. The SMILES string of the molecule is Nc1nc(N)c(C(CCc2ccc(C(=O)N[C@@H](CCC(=O)O)C(=O)O)cc2)C[N+](=O)[O-])c(=O)[nH]1. The summed E-state index contributed by atoms with van der Waals surface area (Å²) in [4.78, 5) is 63.1. The van der Waals surface area contributed by atoms with E-state index in [2.05, 4.69) is 15.3 Å². The van der Waals surface area contributed by atoms with Crippen LogP contribution in [-0.4, -0.2) is 55.5 Å². The molecule has 0 aliphatic rings. The van der Waals surface area contributed by atoms with Crippen molar-refractivity contribution < 1.29 is 29.5 Å². The Kier molecular flexibility index (Phi) is 8.64. The summed E-state index contributed by atoms with van der Waals surface area (Å²) in [5, 5.41) is 31.2. The molecule has 0 fully saturated rings. The molecule has 34 heavy (non-hydrogen) atoms. The first-order valence-corrected chi connectivity index (χ1v) is 10.1. The van der Waals surface area contributed by atoms with Crippen molar-refractivity contribution >= 4 is 29.6 Å². The van der Waals surface area contributed by atoms with Crippen LogP contribution < -0.4 is 22.3 Å². The number of aromatic amines is 1. The largest absolute Gasteiger partial charge is 0.481 e. The third-order valence-corrected chi connectivity index (χ3v) is 5.03. The minimum absolute atomic E-state index is 0.0250. The topological polar surface area (TPSA) is 245 Å². The molecule has 182 valence electrons. The maximum Gasteiger partial charge on any atom is 0.326 e. The van der Waals surface area contributed by atoms with E-state index in [0.717, 1.165) is 0 Å². The molecule has 1 aromatic heterocycles. The Balaban J connectivity index is 2.09. The number of nitro groups is 1. The summed E-state index contributed by atoms with van der Waals surface area (Å²) in [7, 11) is 0. The number of aliphatic carboxylic acids is 2. The highest BCUT2D eigenvalue weighted by atomic mass is 16.6. The normalized spacial score (nSPS) is 12.5. The van der Waals surface area contributed by atoms with E-state index >= 15 is 0 Å². The molecule has 2 aromatic rings. The number of carbonyl (C=O) groups excluding carboxylic acids is 1. The molecule has 0 bridgehead atoms. The van der Waals surface area contributed by atoms with Crippen LogP contribution in [0.25, 0.3) is 0 Å². The number of hydrogen-bond acceptors (Lipinski definition) is 9. The number of rotatable bonds is 12. The number of anilines is 2. The number of aromatic nitrogens is 2. The van der Waals surface area contributed by atoms with Crippen LogP contribution in [0.2, 0.25) is 0 Å². The fourth-order valence-corrected chi connectivity index (χ4v) is 3.35. The molecule has 0 saturated carbocycles. The van der Waals surface area contributed by atoms with E-state index in [4.69, 9.17) is 21.7 Å². The monoisotopic (exact) mass is 476 g/mol. The number of hydrogen-bond donors (Lipinski definition) is 6. The summed E-state index contributed by atoms with van der Waals surface area (Å²) >= 11 is 0. The zero-order valence-corrected chi connectivity index (χ0v) is 17.9. The van der Waals surface area contributed by atoms with Crippen molar-refractivity contribution in [3.8, 4) is 0 Å². The lowest BCUT2D eigenvalue weighted by molar-refractivity contribution is -0.483. The fourth-order valence-electron chi connectivity index (χ4n) is 3.35. The van der Waals surface area contributed by atoms with Gasteiger partial charge in [0.25, 0.3) is 11.5 Å². The van der Waals surface area contributed by atoms with Gasteiger partial charge in [-0.2, -0.15) is 4.98 Å². The highest BCUT2D eigenvalue weighted by Crippen LogP contribution is 2.23. The van der Waals surface area contributed by atoms with Crippen LogP contribution >= 0.6 is 0 Å². The highest BCUT2D eigenvalue weighted by molar-refractivity contribution is 5.96. The van der Waals surface area contributed by atoms with Crippen molar-refractivity contribution in [2.75, 3.05) is 18.0 Å². The second kappa shape index (κ2) is 11.4. The minimum Gasteiger partial charge on any atom is -0.481 e. The number of nitrogen functional groups attached to an aromatic ring is 2. The number of nitrogens with one attached hydrogen (secondary N) is 2. The molecule has 1 amide bonds. The summed E-state index contributed by atoms with van der Waals surface area (Å²) in [5.74, 6) is -4.44. The standard InChI is InChI=1S/C20H24N6O8/c21-16-15(18(30)25-20(22)24-16)12(9-26(33)34)6-3-10-1-4-11(5-2-10)17(29)23-13(19(31)32)7-8-14(27)28/h1-2,4-5,12-13H,3,6-9H2,(H,23,29)(H,27,28)(H,31,32)(H5,21,22,24,25,30)/t12?,13-/m0/s1. The molecule has 14 nitrogen and oxygen atoms in total. The molecule has 0 spiro atoms. The molecule has 1 aromatic carbocycles. The Bertz CT molecular complexity index is 1130. The Morgan fingerprint density at radius 3 is 2.32 bits per heavy atom. The number of aryl methyl sites for hydroxylation is 1. The van der Waals surface area contributed by atoms with Gasteiger partial charge in [-0.1, -0.05) is 12.1 Å². The number of amides is 1. The Hall–Kier alpha value is -4.49. The van der Waals surface area contributed by atoms with Gasteiger partial charge in [0.2, 0.25) is 12.5 Å². The Morgan fingerprint density at radius 1 is 1.15 bits per heavy atom. The van der Waals surface area contributed by atoms with E-state index in [1.807, 2.05) is 0 Å². The average Bonchev–Trinajstić information content (AvgIpc) is 2.73. The van der Waals surface area contributed by atoms with Crippen molar-refractivity contribution in [2.45, 2.75) is 37.6 Å². The van der Waals surface area contributed by atoms with Gasteiger partial charge in [-0.3, -0.25) is 29.5 Å². The molecule has 14 heteroatoms. The summed E-state index contributed by atoms with van der Waals surface area (Å²) < 4.78 is 0. The summed E-state index contributed by atoms with van der Waals surface area (Å²) in [6, 6.07) is 4.69. The lowest BCUT2D eigenvalue weighted by atomic mass is 9.93. The van der Waals surface area contributed by atoms with Gasteiger partial charge in [-0.15, -0.1) is 0 Å². The fraction of sp³-hybridized carbons (Fsp3) is 0.350. The second-order valence-corrected chi connectivity index (χ2v) is 7.49. The average molecular weight is 476 g/mol. The highest BCUT2D eigenvalue weighted by Gasteiger charge is 2.25. The number of nitrogens with zero attached hydrogens (tertiary/aromatic N) is 2. The first-order valence-electron chi connectivity index (χ1n) is 10.1. The third kappa shape index (κ3) is 7.29. The summed E-state index contributed by atoms with van der Waals surface area (Å²) in [6.45, 7) is -0.549. The first-order chi connectivity index (χ1) is 16.0. The molecule has 0 aliphatic heterocycles. The lowest BCUT2D eigenvalue weighted by Crippen LogP contribution is -2.41. The molecule has 8 N–H and O–H groups in total. The maximum absolute atomic E-state index is 12.3. The van der Waals surface area contributed by atoms with Crippen molar-refractivity contribution in [2.24, 2.45) is 0 Å². The van der Waals surface area contributed by atoms with E-state index in [-0.39, 0.29) is 35.7 Å². The number of H-pyrrole nitrogens is 1. The van der Waals surface area contributed by atoms with Crippen molar-refractivity contribution in [1.29, 1.82) is 0 Å². The van der Waals surface area contributed by atoms with E-state index in [0.29, 0.717) is 12.0 Å². The van der Waals surface area contributed by atoms with Gasteiger partial charge in [0.1, 0.15) is 11.9 Å². The van der Waals surface area contributed by atoms with E-state index in [1.165, 1.54) is 12.1 Å². The lowest BCUT2D eigenvalue weighted by Gasteiger charge is -2.15. The number of nitrogens with two attached hydrogens (primary N) is 2. The molecule has 0 aliphatic carbocycles. The molecule has 1 unspecified atom stereocenters. The van der Waals surface area contributed by atoms with Gasteiger partial charge in [0, 0.05) is 16.9 Å². The molecular weight excluding hydrogens is 452 g/mol. The van der Waals surface area contributed by atoms with E-state index < -0.39 is 53.3 Å². The zero-order chi connectivity index (χ0) is 25.4. The molecule has 0 saturated heterocycles. The van der Waals surface area contributed by atoms with Crippen LogP contribution in [0.15, 0.2) is 29.1 Å². The van der Waals surface area contributed by atoms with Gasteiger partial charge < -0.3 is 27.0 Å². The van der Waals surface area contributed by atoms with E-state index in [1.54, 1.807) is 12.1 Å². The molecule has 1 heterocycles. The first kappa shape index (κ1) is 25.8. The maximum atomic E-state index is 12.3. The smallest absolute Gasteiger partial charge is 0.326 e. The van der Waals surface area contributed by atoms with Crippen LogP contribution in [0.5, 0.6) is 0 Å². The van der Waals surface area contributed by atoms with E-state index in [9.17, 15) is 29.3 Å². The van der Waals surface area contributed by atoms with Gasteiger partial charge in [0.15, 0.2) is 0 Å². The number of carboxylic acids is 2. The molecular formula is C20H24N6O8. The van der Waals surface area contributed by atoms with Gasteiger partial charge in [-0.25, -0.2) is 4.79 Å². The predicted molar refractivity (Wildman–Crippen MR) is 119 cm³/mol. The van der Waals surface area contributed by atoms with Crippen LogP contribution in [0.3, 0.4) is 0 Å². The number of carboxylic acid groups (broad SMARTS) is 2. The zero-order valence-electron chi connectivity index (χ0n) is 17.9. The minimum atomic E-state index is -1.36. The van der Waals surface area contributed by atoms with Gasteiger partial charge in [0.05, 0.1) is 11.5 Å². The molecule has 0 radical (unpaired) electrons. The Morgan fingerprint density at radius 2 is 1.79 bits per heavy atom. The van der Waals surface area contributed by atoms with Gasteiger partial charge in [-0.05, 0) is 37.0 Å². The summed E-state index contributed by atoms with van der Waals surface area (Å²) in [6.07, 6.45) is -0.200. The van der Waals surface area contributed by atoms with Crippen LogP contribution in [-0.2, 0) is 16.0 Å². The van der Waals surface area contributed by atoms with Crippen molar-refractivity contribution in [3.63, 3.8) is 0 Å². The summed E-state index contributed by atoms with van der Waals surface area (Å²) in [5.41, 5.74) is 11.4. The predicted octanol–water partition coefficient (Wildman–Crippen LogP) is -0.0248. The van der Waals surface area contributed by atoms with Crippen LogP contribution in [0.1, 0.15) is 46.7 Å². The number of benzene rings is 1. The van der Waals surface area contributed by atoms with Crippen molar-refractivity contribution in [1.82, 2.24) is 15.3 Å². The molecule has 2 atom stereocenters. The third-order valence-electron chi connectivity index (χ3n) is 5.03. The van der Waals surface area contributed by atoms with Crippen LogP contribution in [0.4, 0.5) is 11.8 Å². The van der Waals surface area contributed by atoms with Gasteiger partial charge >= 0.3 is 11.9 Å².